The average molecular weight is 866 g/mol. The lowest BCUT2D eigenvalue weighted by molar-refractivity contribution is -0.123. The third-order valence-electron chi connectivity index (χ3n) is 12.5. The maximum absolute atomic E-state index is 12.5. The molecule has 3 N–H and O–H groups in total. The van der Waals surface area contributed by atoms with E-state index in [1.54, 1.807) is 6.08 Å². The molecule has 0 aromatic rings. The Bertz CT molecular complexity index is 1030. The standard InChI is InChI=1S/C58H107NO3/c1-3-5-7-9-11-13-15-17-19-21-23-25-27-29-31-33-35-37-39-41-43-45-47-49-51-53-57(61)56(55-60)59-58(62)54-52-50-48-46-44-42-40-38-36-34-32-30-28-26-24-22-20-18-16-14-12-10-8-6-4-2/h16,18,22,24,35,37,43,45,51,53,56-57,60-61H,3-15,17,19-21,23,25-34,36,38-42,44,46-50,52,54-55H2,1-2H3,(H,59,62)/b18-16-,24-22-,37-35+,45-43+,53-51+. The minimum absolute atomic E-state index is 0.0775. The molecule has 0 bridgehead atoms. The van der Waals surface area contributed by atoms with Crippen molar-refractivity contribution in [3.05, 3.63) is 60.8 Å². The lowest BCUT2D eigenvalue weighted by Gasteiger charge is -2.19. The number of nitrogens with one attached hydrogen (secondary N) is 1. The number of allylic oxidation sites excluding steroid dienone is 9. The third kappa shape index (κ3) is 49.1. The second-order valence-electron chi connectivity index (χ2n) is 18.6. The van der Waals surface area contributed by atoms with E-state index in [0.717, 1.165) is 44.9 Å². The summed E-state index contributed by atoms with van der Waals surface area (Å²) >= 11 is 0. The van der Waals surface area contributed by atoms with Crippen LogP contribution in [0.3, 0.4) is 0 Å². The van der Waals surface area contributed by atoms with Crippen LogP contribution in [-0.2, 0) is 4.79 Å². The molecule has 0 fully saturated rings. The van der Waals surface area contributed by atoms with Gasteiger partial charge in [-0.1, -0.05) is 261 Å². The SMILES string of the molecule is CCCCCCC/C=C\C/C=C\CCCCCCCCCCCCCCCC(=O)NC(CO)C(O)/C=C/CC/C=C/CC/C=C/CCCCCCCCCCCCCCCCC. The summed E-state index contributed by atoms with van der Waals surface area (Å²) in [4.78, 5) is 12.5. The molecule has 0 aliphatic carbocycles. The number of rotatable bonds is 50. The van der Waals surface area contributed by atoms with Crippen molar-refractivity contribution in [1.82, 2.24) is 5.32 Å². The minimum atomic E-state index is -0.873. The topological polar surface area (TPSA) is 69.6 Å². The number of aliphatic hydroxyl groups excluding tert-OH is 2. The fourth-order valence-electron chi connectivity index (χ4n) is 8.24. The molecule has 0 aromatic carbocycles. The first kappa shape index (κ1) is 60.1. The predicted molar refractivity (Wildman–Crippen MR) is 276 cm³/mol. The molecule has 0 spiro atoms. The summed E-state index contributed by atoms with van der Waals surface area (Å²) in [5.74, 6) is -0.0775. The molecule has 2 unspecified atom stereocenters. The summed E-state index contributed by atoms with van der Waals surface area (Å²) in [6, 6.07) is -0.648. The molecule has 362 valence electrons. The first-order valence-corrected chi connectivity index (χ1v) is 27.5. The van der Waals surface area contributed by atoms with E-state index in [0.29, 0.717) is 6.42 Å². The minimum Gasteiger partial charge on any atom is -0.394 e. The summed E-state index contributed by atoms with van der Waals surface area (Å²) in [5.41, 5.74) is 0. The molecule has 4 heteroatoms. The number of carbonyl (C=O) groups is 1. The zero-order valence-electron chi connectivity index (χ0n) is 41.6. The maximum Gasteiger partial charge on any atom is 0.220 e. The van der Waals surface area contributed by atoms with E-state index in [-0.39, 0.29) is 12.5 Å². The van der Waals surface area contributed by atoms with E-state index in [9.17, 15) is 15.0 Å². The highest BCUT2D eigenvalue weighted by molar-refractivity contribution is 5.76. The molecule has 62 heavy (non-hydrogen) atoms. The summed E-state index contributed by atoms with van der Waals surface area (Å²) in [6.07, 6.45) is 75.2. The second kappa shape index (κ2) is 53.4. The van der Waals surface area contributed by atoms with E-state index in [2.05, 4.69) is 67.8 Å². The Kier molecular flexibility index (Phi) is 51.8. The summed E-state index contributed by atoms with van der Waals surface area (Å²) in [5, 5.41) is 23.1. The quantitative estimate of drug-likeness (QED) is 0.0421. The van der Waals surface area contributed by atoms with Crippen LogP contribution in [-0.4, -0.2) is 34.9 Å². The molecular weight excluding hydrogens is 759 g/mol. The van der Waals surface area contributed by atoms with Crippen molar-refractivity contribution in [2.45, 2.75) is 296 Å². The fourth-order valence-corrected chi connectivity index (χ4v) is 8.24. The lowest BCUT2D eigenvalue weighted by atomic mass is 10.0. The molecular formula is C58H107NO3. The molecule has 0 radical (unpaired) electrons. The van der Waals surface area contributed by atoms with Crippen molar-refractivity contribution in [3.8, 4) is 0 Å². The van der Waals surface area contributed by atoms with Gasteiger partial charge in [-0.05, 0) is 77.0 Å². The number of unbranched alkanes of at least 4 members (excludes halogenated alkanes) is 35. The van der Waals surface area contributed by atoms with Crippen molar-refractivity contribution in [2.75, 3.05) is 6.61 Å². The summed E-state index contributed by atoms with van der Waals surface area (Å²) < 4.78 is 0. The lowest BCUT2D eigenvalue weighted by Crippen LogP contribution is -2.45. The van der Waals surface area contributed by atoms with Crippen LogP contribution in [0.2, 0.25) is 0 Å². The van der Waals surface area contributed by atoms with Gasteiger partial charge in [0.1, 0.15) is 0 Å². The zero-order valence-corrected chi connectivity index (χ0v) is 41.6. The Hall–Kier alpha value is -1.91. The first-order chi connectivity index (χ1) is 30.7. The van der Waals surface area contributed by atoms with E-state index < -0.39 is 12.1 Å². The van der Waals surface area contributed by atoms with Gasteiger partial charge in [-0.2, -0.15) is 0 Å². The Labute approximate surface area is 387 Å². The number of carbonyl (C=O) groups excluding carboxylic acids is 1. The van der Waals surface area contributed by atoms with Crippen molar-refractivity contribution < 1.29 is 15.0 Å². The van der Waals surface area contributed by atoms with E-state index >= 15 is 0 Å². The molecule has 0 aromatic heterocycles. The largest absolute Gasteiger partial charge is 0.394 e. The molecule has 0 aliphatic heterocycles. The number of hydrogen-bond donors (Lipinski definition) is 3. The average Bonchev–Trinajstić information content (AvgIpc) is 3.28. The van der Waals surface area contributed by atoms with Gasteiger partial charge < -0.3 is 15.5 Å². The normalized spacial score (nSPS) is 13.3. The van der Waals surface area contributed by atoms with E-state index in [1.807, 2.05) is 6.08 Å². The van der Waals surface area contributed by atoms with Crippen LogP contribution in [0.25, 0.3) is 0 Å². The van der Waals surface area contributed by atoms with Crippen LogP contribution in [0.4, 0.5) is 0 Å². The first-order valence-electron chi connectivity index (χ1n) is 27.5. The number of amides is 1. The van der Waals surface area contributed by atoms with Gasteiger partial charge in [0, 0.05) is 6.42 Å². The highest BCUT2D eigenvalue weighted by Crippen LogP contribution is 2.16. The van der Waals surface area contributed by atoms with Crippen LogP contribution in [0.15, 0.2) is 60.8 Å². The number of hydrogen-bond acceptors (Lipinski definition) is 3. The van der Waals surface area contributed by atoms with Gasteiger partial charge in [-0.25, -0.2) is 0 Å². The molecule has 0 rings (SSSR count). The van der Waals surface area contributed by atoms with Gasteiger partial charge in [-0.15, -0.1) is 0 Å². The van der Waals surface area contributed by atoms with Gasteiger partial charge in [0.05, 0.1) is 18.8 Å². The van der Waals surface area contributed by atoms with Gasteiger partial charge in [0.15, 0.2) is 0 Å². The van der Waals surface area contributed by atoms with Crippen LogP contribution < -0.4 is 5.32 Å². The Morgan fingerprint density at radius 2 is 0.677 bits per heavy atom. The zero-order chi connectivity index (χ0) is 44.9. The molecule has 2 atom stereocenters. The molecule has 0 aliphatic rings. The summed E-state index contributed by atoms with van der Waals surface area (Å²) in [6.45, 7) is 4.30. The van der Waals surface area contributed by atoms with Crippen LogP contribution in [0.5, 0.6) is 0 Å². The van der Waals surface area contributed by atoms with Crippen molar-refractivity contribution in [1.29, 1.82) is 0 Å². The van der Waals surface area contributed by atoms with Crippen molar-refractivity contribution in [3.63, 3.8) is 0 Å². The van der Waals surface area contributed by atoms with Gasteiger partial charge in [0.2, 0.25) is 5.91 Å². The highest BCUT2D eigenvalue weighted by atomic mass is 16.3. The smallest absolute Gasteiger partial charge is 0.220 e. The van der Waals surface area contributed by atoms with Crippen LogP contribution >= 0.6 is 0 Å². The highest BCUT2D eigenvalue weighted by Gasteiger charge is 2.17. The molecule has 0 heterocycles. The van der Waals surface area contributed by atoms with Crippen molar-refractivity contribution >= 4 is 5.91 Å². The predicted octanol–water partition coefficient (Wildman–Crippen LogP) is 18.0. The maximum atomic E-state index is 12.5. The molecule has 0 saturated carbocycles. The Balaban J connectivity index is 3.57. The molecule has 1 amide bonds. The van der Waals surface area contributed by atoms with Gasteiger partial charge in [-0.3, -0.25) is 4.79 Å². The fraction of sp³-hybridized carbons (Fsp3) is 0.810. The van der Waals surface area contributed by atoms with E-state index in [1.165, 1.54) is 218 Å². The van der Waals surface area contributed by atoms with Crippen LogP contribution in [0, 0.1) is 0 Å². The molecule has 0 saturated heterocycles. The Morgan fingerprint density at radius 3 is 1.03 bits per heavy atom. The summed E-state index contributed by atoms with van der Waals surface area (Å²) in [7, 11) is 0. The number of aliphatic hydroxyl groups is 2. The monoisotopic (exact) mass is 866 g/mol. The second-order valence-corrected chi connectivity index (χ2v) is 18.6. The van der Waals surface area contributed by atoms with Crippen LogP contribution in [0.1, 0.15) is 284 Å². The Morgan fingerprint density at radius 1 is 0.387 bits per heavy atom. The van der Waals surface area contributed by atoms with Gasteiger partial charge in [0.25, 0.3) is 0 Å². The van der Waals surface area contributed by atoms with Crippen molar-refractivity contribution in [2.24, 2.45) is 0 Å². The van der Waals surface area contributed by atoms with Gasteiger partial charge >= 0.3 is 0 Å². The van der Waals surface area contributed by atoms with E-state index in [4.69, 9.17) is 0 Å². The molecule has 4 nitrogen and oxygen atoms in total. The third-order valence-corrected chi connectivity index (χ3v) is 12.5.